The lowest BCUT2D eigenvalue weighted by molar-refractivity contribution is -0.0649. The molecule has 88 valence electrons. The van der Waals surface area contributed by atoms with Crippen molar-refractivity contribution >= 4 is 0 Å². The quantitative estimate of drug-likeness (QED) is 0.774. The fraction of sp³-hybridized carbons (Fsp3) is 1.00. The number of rotatable bonds is 3. The van der Waals surface area contributed by atoms with E-state index in [1.807, 2.05) is 0 Å². The van der Waals surface area contributed by atoms with Gasteiger partial charge in [0.25, 0.3) is 0 Å². The molecule has 2 saturated heterocycles. The molecule has 0 saturated carbocycles. The van der Waals surface area contributed by atoms with Gasteiger partial charge in [-0.15, -0.1) is 0 Å². The molecule has 2 aliphatic rings. The molecule has 0 spiro atoms. The predicted octanol–water partition coefficient (Wildman–Crippen LogP) is 1.71. The standard InChI is InChI=1S/C12H23NO2/c1-2-9-14-12(4-1)10-15-11-5-3-7-13-8-6-11/h11-13H,1-10H2. The molecule has 2 fully saturated rings. The van der Waals surface area contributed by atoms with Crippen LogP contribution >= 0.6 is 0 Å². The van der Waals surface area contributed by atoms with Gasteiger partial charge in [-0.2, -0.15) is 0 Å². The summed E-state index contributed by atoms with van der Waals surface area (Å²) in [6, 6.07) is 0. The van der Waals surface area contributed by atoms with Crippen LogP contribution in [0.5, 0.6) is 0 Å². The Hall–Kier alpha value is -0.120. The van der Waals surface area contributed by atoms with Crippen molar-refractivity contribution in [3.05, 3.63) is 0 Å². The molecule has 0 aromatic rings. The minimum atomic E-state index is 0.370. The van der Waals surface area contributed by atoms with E-state index in [9.17, 15) is 0 Å². The lowest BCUT2D eigenvalue weighted by atomic mass is 10.1. The summed E-state index contributed by atoms with van der Waals surface area (Å²) >= 11 is 0. The Morgan fingerprint density at radius 2 is 2.07 bits per heavy atom. The van der Waals surface area contributed by atoms with Crippen molar-refractivity contribution in [1.82, 2.24) is 5.32 Å². The van der Waals surface area contributed by atoms with Gasteiger partial charge in [-0.25, -0.2) is 0 Å². The van der Waals surface area contributed by atoms with E-state index in [-0.39, 0.29) is 0 Å². The monoisotopic (exact) mass is 213 g/mol. The first kappa shape index (κ1) is 11.4. The molecule has 3 heteroatoms. The topological polar surface area (TPSA) is 30.5 Å². The smallest absolute Gasteiger partial charge is 0.0808 e. The Bertz CT molecular complexity index is 161. The van der Waals surface area contributed by atoms with Gasteiger partial charge in [0.15, 0.2) is 0 Å². The van der Waals surface area contributed by atoms with Crippen LogP contribution in [-0.2, 0) is 9.47 Å². The van der Waals surface area contributed by atoms with E-state index in [4.69, 9.17) is 9.47 Å². The van der Waals surface area contributed by atoms with Crippen LogP contribution in [-0.4, -0.2) is 38.5 Å². The summed E-state index contributed by atoms with van der Waals surface area (Å²) in [6.45, 7) is 4.00. The molecule has 0 aliphatic carbocycles. The molecule has 0 bridgehead atoms. The van der Waals surface area contributed by atoms with Gasteiger partial charge in [0.2, 0.25) is 0 Å². The van der Waals surface area contributed by atoms with E-state index >= 15 is 0 Å². The van der Waals surface area contributed by atoms with E-state index in [2.05, 4.69) is 5.32 Å². The number of hydrogen-bond donors (Lipinski definition) is 1. The van der Waals surface area contributed by atoms with Crippen LogP contribution < -0.4 is 5.32 Å². The van der Waals surface area contributed by atoms with Crippen LogP contribution in [0.15, 0.2) is 0 Å². The molecule has 0 amide bonds. The average molecular weight is 213 g/mol. The summed E-state index contributed by atoms with van der Waals surface area (Å²) in [6.07, 6.45) is 8.16. The molecule has 2 rings (SSSR count). The van der Waals surface area contributed by atoms with Crippen LogP contribution in [0.25, 0.3) is 0 Å². The second-order valence-corrected chi connectivity index (χ2v) is 4.62. The van der Waals surface area contributed by atoms with Gasteiger partial charge in [-0.1, -0.05) is 0 Å². The summed E-state index contributed by atoms with van der Waals surface area (Å²) in [7, 11) is 0. The molecule has 2 atom stereocenters. The van der Waals surface area contributed by atoms with Crippen LogP contribution in [0.1, 0.15) is 38.5 Å². The number of ether oxygens (including phenoxy) is 2. The molecule has 3 nitrogen and oxygen atoms in total. The highest BCUT2D eigenvalue weighted by atomic mass is 16.5. The highest BCUT2D eigenvalue weighted by molar-refractivity contribution is 4.69. The Morgan fingerprint density at radius 3 is 2.93 bits per heavy atom. The average Bonchev–Trinajstić information content (AvgIpc) is 2.56. The largest absolute Gasteiger partial charge is 0.376 e. The van der Waals surface area contributed by atoms with Crippen molar-refractivity contribution in [2.75, 3.05) is 26.3 Å². The first-order chi connectivity index (χ1) is 7.45. The Kier molecular flexibility index (Phi) is 4.90. The molecular weight excluding hydrogens is 190 g/mol. The lowest BCUT2D eigenvalue weighted by Gasteiger charge is -2.24. The molecule has 2 aliphatic heterocycles. The van der Waals surface area contributed by atoms with Gasteiger partial charge >= 0.3 is 0 Å². The van der Waals surface area contributed by atoms with Gasteiger partial charge in [0.05, 0.1) is 18.8 Å². The Morgan fingerprint density at radius 1 is 1.07 bits per heavy atom. The van der Waals surface area contributed by atoms with Crippen molar-refractivity contribution in [2.45, 2.75) is 50.7 Å². The van der Waals surface area contributed by atoms with Crippen molar-refractivity contribution < 1.29 is 9.47 Å². The maximum absolute atomic E-state index is 5.94. The summed E-state index contributed by atoms with van der Waals surface area (Å²) in [4.78, 5) is 0. The summed E-state index contributed by atoms with van der Waals surface area (Å²) in [5.74, 6) is 0. The van der Waals surface area contributed by atoms with Crippen molar-refractivity contribution in [2.24, 2.45) is 0 Å². The molecule has 0 aromatic heterocycles. The van der Waals surface area contributed by atoms with Gasteiger partial charge in [0.1, 0.15) is 0 Å². The minimum Gasteiger partial charge on any atom is -0.376 e. The zero-order valence-electron chi connectivity index (χ0n) is 9.54. The summed E-state index contributed by atoms with van der Waals surface area (Å²) in [5.41, 5.74) is 0. The van der Waals surface area contributed by atoms with E-state index < -0.39 is 0 Å². The van der Waals surface area contributed by atoms with Crippen molar-refractivity contribution in [1.29, 1.82) is 0 Å². The first-order valence-corrected chi connectivity index (χ1v) is 6.39. The van der Waals surface area contributed by atoms with Crippen LogP contribution in [0, 0.1) is 0 Å². The third-order valence-electron chi connectivity index (χ3n) is 3.31. The van der Waals surface area contributed by atoms with Crippen LogP contribution in [0.3, 0.4) is 0 Å². The van der Waals surface area contributed by atoms with Crippen LogP contribution in [0.4, 0.5) is 0 Å². The molecule has 15 heavy (non-hydrogen) atoms. The molecule has 2 heterocycles. The highest BCUT2D eigenvalue weighted by Crippen LogP contribution is 2.16. The fourth-order valence-electron chi connectivity index (χ4n) is 2.34. The summed E-state index contributed by atoms with van der Waals surface area (Å²) in [5, 5.41) is 3.40. The second kappa shape index (κ2) is 6.46. The molecule has 1 N–H and O–H groups in total. The maximum Gasteiger partial charge on any atom is 0.0808 e. The van der Waals surface area contributed by atoms with E-state index in [1.54, 1.807) is 0 Å². The minimum absolute atomic E-state index is 0.370. The Balaban J connectivity index is 1.62. The maximum atomic E-state index is 5.94. The first-order valence-electron chi connectivity index (χ1n) is 6.39. The zero-order chi connectivity index (χ0) is 10.3. The molecule has 0 aromatic carbocycles. The van der Waals surface area contributed by atoms with E-state index in [0.29, 0.717) is 12.2 Å². The molecule has 2 unspecified atom stereocenters. The lowest BCUT2D eigenvalue weighted by Crippen LogP contribution is -2.27. The van der Waals surface area contributed by atoms with Gasteiger partial charge in [-0.05, 0) is 51.6 Å². The van der Waals surface area contributed by atoms with E-state index in [1.165, 1.54) is 32.1 Å². The normalized spacial score (nSPS) is 33.6. The fourth-order valence-corrected chi connectivity index (χ4v) is 2.34. The van der Waals surface area contributed by atoms with Gasteiger partial charge < -0.3 is 14.8 Å². The molecule has 0 radical (unpaired) electrons. The van der Waals surface area contributed by atoms with Crippen molar-refractivity contribution in [3.8, 4) is 0 Å². The third-order valence-corrected chi connectivity index (χ3v) is 3.31. The van der Waals surface area contributed by atoms with Crippen LogP contribution in [0.2, 0.25) is 0 Å². The molecular formula is C12H23NO2. The van der Waals surface area contributed by atoms with Crippen molar-refractivity contribution in [3.63, 3.8) is 0 Å². The third kappa shape index (κ3) is 4.09. The zero-order valence-corrected chi connectivity index (χ0v) is 9.54. The predicted molar refractivity (Wildman–Crippen MR) is 60.1 cm³/mol. The highest BCUT2D eigenvalue weighted by Gasteiger charge is 2.17. The van der Waals surface area contributed by atoms with Gasteiger partial charge in [0, 0.05) is 6.61 Å². The SMILES string of the molecule is C1CCC(COC2CCCNCC2)OC1. The van der Waals surface area contributed by atoms with Gasteiger partial charge in [-0.3, -0.25) is 0 Å². The Labute approximate surface area is 92.5 Å². The summed E-state index contributed by atoms with van der Waals surface area (Å²) < 4.78 is 11.6. The second-order valence-electron chi connectivity index (χ2n) is 4.62. The number of nitrogens with one attached hydrogen (secondary N) is 1. The number of hydrogen-bond acceptors (Lipinski definition) is 3. The van der Waals surface area contributed by atoms with E-state index in [0.717, 1.165) is 32.7 Å².